The van der Waals surface area contributed by atoms with Crippen molar-refractivity contribution in [3.63, 3.8) is 0 Å². The number of aryl methyl sites for hydroxylation is 1. The molecule has 2 N–H and O–H groups in total. The Morgan fingerprint density at radius 1 is 1.29 bits per heavy atom. The Bertz CT molecular complexity index is 517. The van der Waals surface area contributed by atoms with Gasteiger partial charge in [0.15, 0.2) is 0 Å². The molecule has 2 heterocycles. The van der Waals surface area contributed by atoms with Gasteiger partial charge in [0.2, 0.25) is 17.5 Å². The number of hydrogen-bond donors (Lipinski definition) is 1. The Kier molecular flexibility index (Phi) is 2.36. The van der Waals surface area contributed by atoms with Gasteiger partial charge in [-0.1, -0.05) is 5.16 Å². The molecule has 17 heavy (non-hydrogen) atoms. The first-order valence-electron chi connectivity index (χ1n) is 5.62. The van der Waals surface area contributed by atoms with Crippen LogP contribution >= 0.6 is 0 Å². The van der Waals surface area contributed by atoms with Crippen molar-refractivity contribution in [3.8, 4) is 11.6 Å². The zero-order valence-electron chi connectivity index (χ0n) is 9.50. The first-order valence-corrected chi connectivity index (χ1v) is 5.62. The van der Waals surface area contributed by atoms with E-state index in [9.17, 15) is 0 Å². The van der Waals surface area contributed by atoms with Gasteiger partial charge in [-0.05, 0) is 31.2 Å². The van der Waals surface area contributed by atoms with Crippen molar-refractivity contribution in [2.75, 3.05) is 0 Å². The molecule has 1 saturated carbocycles. The molecule has 0 saturated heterocycles. The Morgan fingerprint density at radius 3 is 2.65 bits per heavy atom. The predicted octanol–water partition coefficient (Wildman–Crippen LogP) is 1.24. The van der Waals surface area contributed by atoms with Gasteiger partial charge in [-0.25, -0.2) is 9.97 Å². The molecule has 6 nitrogen and oxygen atoms in total. The standard InChI is InChI=1S/C11H13N5O/c1-6-4-13-9(14-5-6)10-15-11(17-16-10)8(12)7-2-3-7/h4-5,7-8H,2-3,12H2,1H3. The fourth-order valence-corrected chi connectivity index (χ4v) is 1.63. The van der Waals surface area contributed by atoms with E-state index in [1.807, 2.05) is 6.92 Å². The number of nitrogens with two attached hydrogens (primary N) is 1. The smallest absolute Gasteiger partial charge is 0.244 e. The Balaban J connectivity index is 1.86. The first kappa shape index (κ1) is 10.3. The average molecular weight is 231 g/mol. The molecule has 0 bridgehead atoms. The molecule has 0 amide bonds. The SMILES string of the molecule is Cc1cnc(-c2noc(C(N)C3CC3)n2)nc1. The van der Waals surface area contributed by atoms with Crippen molar-refractivity contribution in [2.45, 2.75) is 25.8 Å². The highest BCUT2D eigenvalue weighted by molar-refractivity contribution is 5.41. The molecule has 0 aliphatic heterocycles. The van der Waals surface area contributed by atoms with Crippen molar-refractivity contribution in [2.24, 2.45) is 11.7 Å². The van der Waals surface area contributed by atoms with Gasteiger partial charge in [-0.3, -0.25) is 0 Å². The molecule has 0 spiro atoms. The topological polar surface area (TPSA) is 90.7 Å². The van der Waals surface area contributed by atoms with Crippen LogP contribution in [0.4, 0.5) is 0 Å². The van der Waals surface area contributed by atoms with Gasteiger partial charge in [-0.2, -0.15) is 4.98 Å². The van der Waals surface area contributed by atoms with E-state index < -0.39 is 0 Å². The molecule has 1 unspecified atom stereocenters. The van der Waals surface area contributed by atoms with E-state index in [1.165, 1.54) is 0 Å². The maximum absolute atomic E-state index is 5.98. The lowest BCUT2D eigenvalue weighted by Gasteiger charge is -2.01. The molecule has 1 atom stereocenters. The number of hydrogen-bond acceptors (Lipinski definition) is 6. The molecular weight excluding hydrogens is 218 g/mol. The lowest BCUT2D eigenvalue weighted by atomic mass is 10.2. The van der Waals surface area contributed by atoms with Crippen LogP contribution in [0.5, 0.6) is 0 Å². The fourth-order valence-electron chi connectivity index (χ4n) is 1.63. The second-order valence-corrected chi connectivity index (χ2v) is 4.40. The fraction of sp³-hybridized carbons (Fsp3) is 0.455. The van der Waals surface area contributed by atoms with Crippen LogP contribution in [0.25, 0.3) is 11.6 Å². The summed E-state index contributed by atoms with van der Waals surface area (Å²) in [5.41, 5.74) is 6.97. The molecule has 6 heteroatoms. The van der Waals surface area contributed by atoms with E-state index in [0.29, 0.717) is 23.5 Å². The first-order chi connectivity index (χ1) is 8.24. The van der Waals surface area contributed by atoms with Crippen molar-refractivity contribution >= 4 is 0 Å². The van der Waals surface area contributed by atoms with Gasteiger partial charge < -0.3 is 10.3 Å². The molecule has 0 aromatic carbocycles. The predicted molar refractivity (Wildman–Crippen MR) is 59.7 cm³/mol. The van der Waals surface area contributed by atoms with Crippen LogP contribution in [0.15, 0.2) is 16.9 Å². The summed E-state index contributed by atoms with van der Waals surface area (Å²) >= 11 is 0. The Morgan fingerprint density at radius 2 is 2.00 bits per heavy atom. The lowest BCUT2D eigenvalue weighted by Crippen LogP contribution is -2.12. The lowest BCUT2D eigenvalue weighted by molar-refractivity contribution is 0.343. The molecule has 3 rings (SSSR count). The second-order valence-electron chi connectivity index (χ2n) is 4.40. The molecule has 1 fully saturated rings. The maximum atomic E-state index is 5.98. The van der Waals surface area contributed by atoms with Gasteiger partial charge in [0, 0.05) is 12.4 Å². The molecule has 1 aliphatic rings. The summed E-state index contributed by atoms with van der Waals surface area (Å²) in [5, 5.41) is 3.86. The summed E-state index contributed by atoms with van der Waals surface area (Å²) in [6.07, 6.45) is 5.72. The quantitative estimate of drug-likeness (QED) is 0.854. The molecule has 0 radical (unpaired) electrons. The highest BCUT2D eigenvalue weighted by Crippen LogP contribution is 2.38. The third-order valence-corrected chi connectivity index (χ3v) is 2.84. The minimum atomic E-state index is -0.151. The van der Waals surface area contributed by atoms with Crippen LogP contribution < -0.4 is 5.73 Å². The van der Waals surface area contributed by atoms with Crippen LogP contribution in [-0.4, -0.2) is 20.1 Å². The molecular formula is C11H13N5O. The average Bonchev–Trinajstić information content (AvgIpc) is 3.07. The number of rotatable bonds is 3. The van der Waals surface area contributed by atoms with Crippen molar-refractivity contribution in [1.29, 1.82) is 0 Å². The van der Waals surface area contributed by atoms with E-state index in [0.717, 1.165) is 18.4 Å². The van der Waals surface area contributed by atoms with E-state index >= 15 is 0 Å². The summed E-state index contributed by atoms with van der Waals surface area (Å²) < 4.78 is 5.15. The second kappa shape index (κ2) is 3.89. The summed E-state index contributed by atoms with van der Waals surface area (Å²) in [4.78, 5) is 12.5. The zero-order chi connectivity index (χ0) is 11.8. The van der Waals surface area contributed by atoms with Crippen molar-refractivity contribution in [3.05, 3.63) is 23.8 Å². The highest BCUT2D eigenvalue weighted by Gasteiger charge is 2.33. The molecule has 1 aliphatic carbocycles. The van der Waals surface area contributed by atoms with Crippen LogP contribution in [0.3, 0.4) is 0 Å². The monoisotopic (exact) mass is 231 g/mol. The normalized spacial score (nSPS) is 17.1. The van der Waals surface area contributed by atoms with Crippen molar-refractivity contribution in [1.82, 2.24) is 20.1 Å². The van der Waals surface area contributed by atoms with Gasteiger partial charge >= 0.3 is 0 Å². The number of nitrogens with zero attached hydrogens (tertiary/aromatic N) is 4. The third-order valence-electron chi connectivity index (χ3n) is 2.84. The largest absolute Gasteiger partial charge is 0.337 e. The van der Waals surface area contributed by atoms with Crippen LogP contribution in [0.2, 0.25) is 0 Å². The van der Waals surface area contributed by atoms with E-state index in [-0.39, 0.29) is 6.04 Å². The summed E-state index contributed by atoms with van der Waals surface area (Å²) in [6.45, 7) is 1.93. The number of aromatic nitrogens is 4. The minimum Gasteiger partial charge on any atom is -0.337 e. The minimum absolute atomic E-state index is 0.151. The van der Waals surface area contributed by atoms with Crippen molar-refractivity contribution < 1.29 is 4.52 Å². The summed E-state index contributed by atoms with van der Waals surface area (Å²) in [6, 6.07) is -0.151. The Hall–Kier alpha value is -1.82. The van der Waals surface area contributed by atoms with E-state index in [1.54, 1.807) is 12.4 Å². The van der Waals surface area contributed by atoms with Crippen LogP contribution in [-0.2, 0) is 0 Å². The van der Waals surface area contributed by atoms with Crippen LogP contribution in [0.1, 0.15) is 30.3 Å². The van der Waals surface area contributed by atoms with Crippen LogP contribution in [0, 0.1) is 12.8 Å². The van der Waals surface area contributed by atoms with E-state index in [4.69, 9.17) is 10.3 Å². The molecule has 2 aromatic heterocycles. The molecule has 88 valence electrons. The van der Waals surface area contributed by atoms with Gasteiger partial charge in [-0.15, -0.1) is 0 Å². The summed E-state index contributed by atoms with van der Waals surface area (Å²) in [7, 11) is 0. The highest BCUT2D eigenvalue weighted by atomic mass is 16.5. The zero-order valence-corrected chi connectivity index (χ0v) is 9.50. The Labute approximate surface area is 98.3 Å². The molecule has 2 aromatic rings. The van der Waals surface area contributed by atoms with Gasteiger partial charge in [0.1, 0.15) is 0 Å². The third kappa shape index (κ3) is 2.03. The van der Waals surface area contributed by atoms with Gasteiger partial charge in [0.05, 0.1) is 6.04 Å². The van der Waals surface area contributed by atoms with Gasteiger partial charge in [0.25, 0.3) is 0 Å². The maximum Gasteiger partial charge on any atom is 0.244 e. The summed E-state index contributed by atoms with van der Waals surface area (Å²) in [5.74, 6) is 1.83. The van der Waals surface area contributed by atoms with E-state index in [2.05, 4.69) is 20.1 Å².